The minimum Gasteiger partial charge on any atom is -0.507 e. The Morgan fingerprint density at radius 2 is 2.07 bits per heavy atom. The molecule has 0 aliphatic heterocycles. The molecule has 0 heterocycles. The van der Waals surface area contributed by atoms with Crippen molar-refractivity contribution in [1.29, 1.82) is 0 Å². The quantitative estimate of drug-likeness (QED) is 0.447. The normalized spacial score (nSPS) is 10.8. The van der Waals surface area contributed by atoms with Crippen molar-refractivity contribution in [2.45, 2.75) is 13.8 Å². The van der Waals surface area contributed by atoms with Crippen LogP contribution in [0.1, 0.15) is 19.4 Å². The summed E-state index contributed by atoms with van der Waals surface area (Å²) in [6.07, 6.45) is 1.43. The van der Waals surface area contributed by atoms with Gasteiger partial charge in [-0.15, -0.1) is 0 Å². The van der Waals surface area contributed by atoms with Crippen LogP contribution in [0.5, 0.6) is 5.75 Å². The summed E-state index contributed by atoms with van der Waals surface area (Å²) in [5.41, 5.74) is 1.64. The van der Waals surface area contributed by atoms with Crippen molar-refractivity contribution in [2.75, 3.05) is 18.0 Å². The van der Waals surface area contributed by atoms with Gasteiger partial charge in [0.25, 0.3) is 0 Å². The van der Waals surface area contributed by atoms with Gasteiger partial charge in [0, 0.05) is 30.4 Å². The summed E-state index contributed by atoms with van der Waals surface area (Å²) < 4.78 is 0. The second-order valence-electron chi connectivity index (χ2n) is 3.19. The van der Waals surface area contributed by atoms with Gasteiger partial charge in [-0.2, -0.15) is 5.10 Å². The number of hydrazone groups is 1. The van der Waals surface area contributed by atoms with Crippen LogP contribution in [0, 0.1) is 0 Å². The van der Waals surface area contributed by atoms with Crippen molar-refractivity contribution < 1.29 is 5.11 Å². The fourth-order valence-electron chi connectivity index (χ4n) is 1.51. The molecule has 0 radical (unpaired) electrons. The smallest absolute Gasteiger partial charge is 0.126 e. The fourth-order valence-corrected chi connectivity index (χ4v) is 1.51. The summed E-state index contributed by atoms with van der Waals surface area (Å²) in [5, 5.41) is 13.1. The van der Waals surface area contributed by atoms with Gasteiger partial charge in [0.15, 0.2) is 0 Å². The summed E-state index contributed by atoms with van der Waals surface area (Å²) in [5.74, 6) is 5.23. The minimum atomic E-state index is 0.202. The van der Waals surface area contributed by atoms with E-state index in [1.807, 2.05) is 6.07 Å². The first-order valence-corrected chi connectivity index (χ1v) is 5.04. The van der Waals surface area contributed by atoms with E-state index in [0.29, 0.717) is 5.56 Å². The number of hydrogen-bond donors (Lipinski definition) is 2. The predicted octanol–water partition coefficient (Wildman–Crippen LogP) is 1.53. The summed E-state index contributed by atoms with van der Waals surface area (Å²) in [7, 11) is 0. The number of phenolic OH excluding ortho intramolecular Hbond substituents is 1. The number of phenols is 1. The van der Waals surface area contributed by atoms with Crippen molar-refractivity contribution in [2.24, 2.45) is 10.9 Å². The zero-order chi connectivity index (χ0) is 11.3. The van der Waals surface area contributed by atoms with Gasteiger partial charge in [0.2, 0.25) is 0 Å². The van der Waals surface area contributed by atoms with Crippen LogP contribution in [0.2, 0.25) is 0 Å². The Bertz CT molecular complexity index is 346. The van der Waals surface area contributed by atoms with Gasteiger partial charge in [-0.25, -0.2) is 0 Å². The van der Waals surface area contributed by atoms with Crippen molar-refractivity contribution in [1.82, 2.24) is 0 Å². The second kappa shape index (κ2) is 5.24. The average Bonchev–Trinajstić information content (AvgIpc) is 2.24. The first kappa shape index (κ1) is 11.4. The number of anilines is 1. The molecule has 0 unspecified atom stereocenters. The molecule has 0 saturated heterocycles. The number of nitrogens with two attached hydrogens (primary N) is 1. The Balaban J connectivity index is 2.99. The van der Waals surface area contributed by atoms with Gasteiger partial charge in [-0.1, -0.05) is 0 Å². The molecule has 0 aliphatic rings. The van der Waals surface area contributed by atoms with Crippen LogP contribution in [0.4, 0.5) is 5.69 Å². The third-order valence-corrected chi connectivity index (χ3v) is 2.36. The van der Waals surface area contributed by atoms with Crippen LogP contribution < -0.4 is 10.7 Å². The van der Waals surface area contributed by atoms with Gasteiger partial charge in [0.1, 0.15) is 5.75 Å². The lowest BCUT2D eigenvalue weighted by molar-refractivity contribution is 0.474. The second-order valence-corrected chi connectivity index (χ2v) is 3.19. The van der Waals surface area contributed by atoms with E-state index < -0.39 is 0 Å². The first-order valence-electron chi connectivity index (χ1n) is 5.04. The third kappa shape index (κ3) is 2.62. The Kier molecular flexibility index (Phi) is 3.97. The molecule has 0 saturated carbocycles. The monoisotopic (exact) mass is 207 g/mol. The lowest BCUT2D eigenvalue weighted by Gasteiger charge is -2.21. The van der Waals surface area contributed by atoms with Crippen molar-refractivity contribution >= 4 is 11.9 Å². The van der Waals surface area contributed by atoms with Crippen molar-refractivity contribution in [3.63, 3.8) is 0 Å². The number of hydrogen-bond acceptors (Lipinski definition) is 4. The standard InChI is InChI=1S/C11H17N3O/c1-3-14(4-2)10-6-5-9(8-13-12)11(15)7-10/h5-8,15H,3-4,12H2,1-2H3/b13-8+. The van der Waals surface area contributed by atoms with E-state index >= 15 is 0 Å². The highest BCUT2D eigenvalue weighted by molar-refractivity contribution is 5.84. The maximum absolute atomic E-state index is 9.69. The Hall–Kier alpha value is -1.71. The highest BCUT2D eigenvalue weighted by Crippen LogP contribution is 2.23. The van der Waals surface area contributed by atoms with E-state index in [-0.39, 0.29) is 5.75 Å². The highest BCUT2D eigenvalue weighted by atomic mass is 16.3. The zero-order valence-electron chi connectivity index (χ0n) is 9.14. The third-order valence-electron chi connectivity index (χ3n) is 2.36. The van der Waals surface area contributed by atoms with Crippen LogP contribution >= 0.6 is 0 Å². The number of benzene rings is 1. The number of rotatable bonds is 4. The van der Waals surface area contributed by atoms with Crippen LogP contribution in [-0.2, 0) is 0 Å². The van der Waals surface area contributed by atoms with Crippen LogP contribution in [0.3, 0.4) is 0 Å². The summed E-state index contributed by atoms with van der Waals surface area (Å²) in [6.45, 7) is 5.99. The molecule has 1 aromatic rings. The molecule has 0 bridgehead atoms. The average molecular weight is 207 g/mol. The summed E-state index contributed by atoms with van der Waals surface area (Å²) in [6, 6.07) is 5.48. The molecule has 82 valence electrons. The summed E-state index contributed by atoms with van der Waals surface area (Å²) in [4.78, 5) is 2.16. The van der Waals surface area contributed by atoms with E-state index in [4.69, 9.17) is 5.84 Å². The number of nitrogens with zero attached hydrogens (tertiary/aromatic N) is 2. The molecule has 0 atom stereocenters. The molecule has 3 N–H and O–H groups in total. The molecule has 1 aromatic carbocycles. The number of aromatic hydroxyl groups is 1. The molecule has 4 heteroatoms. The lowest BCUT2D eigenvalue weighted by Crippen LogP contribution is -2.21. The topological polar surface area (TPSA) is 61.8 Å². The van der Waals surface area contributed by atoms with Crippen LogP contribution in [0.15, 0.2) is 23.3 Å². The maximum atomic E-state index is 9.69. The largest absolute Gasteiger partial charge is 0.507 e. The van der Waals surface area contributed by atoms with Crippen LogP contribution in [0.25, 0.3) is 0 Å². The van der Waals surface area contributed by atoms with Crippen LogP contribution in [-0.4, -0.2) is 24.4 Å². The van der Waals surface area contributed by atoms with Gasteiger partial charge in [-0.3, -0.25) is 0 Å². The zero-order valence-corrected chi connectivity index (χ0v) is 9.14. The molecule has 0 spiro atoms. The molecular formula is C11H17N3O. The Morgan fingerprint density at radius 3 is 2.53 bits per heavy atom. The molecule has 0 amide bonds. The lowest BCUT2D eigenvalue weighted by atomic mass is 10.2. The predicted molar refractivity (Wildman–Crippen MR) is 63.4 cm³/mol. The highest BCUT2D eigenvalue weighted by Gasteiger charge is 2.04. The fraction of sp³-hybridized carbons (Fsp3) is 0.364. The molecule has 0 aliphatic carbocycles. The molecular weight excluding hydrogens is 190 g/mol. The molecule has 15 heavy (non-hydrogen) atoms. The van der Waals surface area contributed by atoms with Gasteiger partial charge in [-0.05, 0) is 26.0 Å². The van der Waals surface area contributed by atoms with Crippen molar-refractivity contribution in [3.05, 3.63) is 23.8 Å². The molecule has 4 nitrogen and oxygen atoms in total. The van der Waals surface area contributed by atoms with Crippen molar-refractivity contribution in [3.8, 4) is 5.75 Å². The molecule has 0 fully saturated rings. The molecule has 1 rings (SSSR count). The summed E-state index contributed by atoms with van der Waals surface area (Å²) >= 11 is 0. The van der Waals surface area contributed by atoms with Gasteiger partial charge in [0.05, 0.1) is 6.21 Å². The van der Waals surface area contributed by atoms with E-state index in [1.54, 1.807) is 12.1 Å². The Labute approximate surface area is 90.0 Å². The first-order chi connectivity index (χ1) is 7.22. The van der Waals surface area contributed by atoms with E-state index in [0.717, 1.165) is 18.8 Å². The van der Waals surface area contributed by atoms with E-state index in [1.165, 1.54) is 6.21 Å². The molecule has 0 aromatic heterocycles. The van der Waals surface area contributed by atoms with Gasteiger partial charge < -0.3 is 15.8 Å². The SMILES string of the molecule is CCN(CC)c1ccc(/C=N/N)c(O)c1. The Morgan fingerprint density at radius 1 is 1.40 bits per heavy atom. The van der Waals surface area contributed by atoms with Gasteiger partial charge >= 0.3 is 0 Å². The van der Waals surface area contributed by atoms with E-state index in [9.17, 15) is 5.11 Å². The minimum absolute atomic E-state index is 0.202. The van der Waals surface area contributed by atoms with E-state index in [2.05, 4.69) is 23.8 Å². The maximum Gasteiger partial charge on any atom is 0.126 e.